The Balaban J connectivity index is 4.54. The Morgan fingerprint density at radius 3 is 1.60 bits per heavy atom. The SMILES string of the molecule is C=CC(=O)OC(CCC)COP(=O)(O)OCC(CCC)OC(=O)C=C. The lowest BCUT2D eigenvalue weighted by atomic mass is 10.2. The summed E-state index contributed by atoms with van der Waals surface area (Å²) in [6, 6.07) is 0. The van der Waals surface area contributed by atoms with E-state index >= 15 is 0 Å². The maximum atomic E-state index is 11.9. The molecule has 2 atom stereocenters. The van der Waals surface area contributed by atoms with Crippen molar-refractivity contribution >= 4 is 19.8 Å². The molecular weight excluding hydrogens is 351 g/mol. The quantitative estimate of drug-likeness (QED) is 0.279. The van der Waals surface area contributed by atoms with Crippen molar-refractivity contribution in [2.45, 2.75) is 51.7 Å². The average Bonchev–Trinajstić information content (AvgIpc) is 2.57. The van der Waals surface area contributed by atoms with Crippen molar-refractivity contribution in [3.63, 3.8) is 0 Å². The molecule has 0 amide bonds. The highest BCUT2D eigenvalue weighted by Gasteiger charge is 2.26. The van der Waals surface area contributed by atoms with Crippen LogP contribution >= 0.6 is 7.82 Å². The third kappa shape index (κ3) is 11.7. The highest BCUT2D eigenvalue weighted by molar-refractivity contribution is 7.47. The van der Waals surface area contributed by atoms with Gasteiger partial charge in [-0.25, -0.2) is 14.2 Å². The molecule has 0 aromatic rings. The molecule has 0 saturated carbocycles. The molecule has 8 nitrogen and oxygen atoms in total. The van der Waals surface area contributed by atoms with Crippen LogP contribution in [0.25, 0.3) is 0 Å². The van der Waals surface area contributed by atoms with E-state index in [4.69, 9.17) is 18.5 Å². The van der Waals surface area contributed by atoms with Gasteiger partial charge in [0.15, 0.2) is 0 Å². The van der Waals surface area contributed by atoms with E-state index in [-0.39, 0.29) is 13.2 Å². The fraction of sp³-hybridized carbons (Fsp3) is 0.625. The second-order valence-corrected chi connectivity index (χ2v) is 6.62. The molecule has 144 valence electrons. The number of ether oxygens (including phenoxy) is 2. The summed E-state index contributed by atoms with van der Waals surface area (Å²) in [5.41, 5.74) is 0. The van der Waals surface area contributed by atoms with Crippen molar-refractivity contribution < 1.29 is 37.6 Å². The van der Waals surface area contributed by atoms with Gasteiger partial charge >= 0.3 is 19.8 Å². The fourth-order valence-corrected chi connectivity index (χ4v) is 2.60. The van der Waals surface area contributed by atoms with Crippen LogP contribution in [0.15, 0.2) is 25.3 Å². The maximum absolute atomic E-state index is 11.9. The molecule has 0 rings (SSSR count). The van der Waals surface area contributed by atoms with Gasteiger partial charge in [-0.15, -0.1) is 0 Å². The van der Waals surface area contributed by atoms with Crippen LogP contribution in [-0.4, -0.2) is 42.3 Å². The highest BCUT2D eigenvalue weighted by atomic mass is 31.2. The van der Waals surface area contributed by atoms with E-state index in [9.17, 15) is 19.0 Å². The van der Waals surface area contributed by atoms with E-state index in [1.165, 1.54) is 0 Å². The fourth-order valence-electron chi connectivity index (χ4n) is 1.81. The lowest BCUT2D eigenvalue weighted by Gasteiger charge is -2.21. The minimum atomic E-state index is -4.39. The Morgan fingerprint density at radius 2 is 1.32 bits per heavy atom. The highest BCUT2D eigenvalue weighted by Crippen LogP contribution is 2.43. The first-order valence-corrected chi connectivity index (χ1v) is 9.55. The molecule has 0 aromatic carbocycles. The van der Waals surface area contributed by atoms with E-state index in [1.807, 2.05) is 13.8 Å². The molecule has 0 saturated heterocycles. The van der Waals surface area contributed by atoms with Gasteiger partial charge in [-0.1, -0.05) is 39.8 Å². The van der Waals surface area contributed by atoms with Crippen molar-refractivity contribution in [2.75, 3.05) is 13.2 Å². The molecule has 0 heterocycles. The lowest BCUT2D eigenvalue weighted by molar-refractivity contribution is -0.145. The van der Waals surface area contributed by atoms with Crippen LogP contribution in [0.2, 0.25) is 0 Å². The minimum absolute atomic E-state index is 0.300. The number of carbonyl (C=O) groups excluding carboxylic acids is 2. The second kappa shape index (κ2) is 12.8. The van der Waals surface area contributed by atoms with Crippen LogP contribution in [0, 0.1) is 0 Å². The largest absolute Gasteiger partial charge is 0.472 e. The van der Waals surface area contributed by atoms with Gasteiger partial charge < -0.3 is 14.4 Å². The van der Waals surface area contributed by atoms with Crippen LogP contribution in [0.3, 0.4) is 0 Å². The van der Waals surface area contributed by atoms with Gasteiger partial charge in [-0.2, -0.15) is 0 Å². The molecule has 0 fully saturated rings. The van der Waals surface area contributed by atoms with Crippen molar-refractivity contribution in [2.24, 2.45) is 0 Å². The summed E-state index contributed by atoms with van der Waals surface area (Å²) >= 11 is 0. The maximum Gasteiger partial charge on any atom is 0.472 e. The molecule has 2 unspecified atom stereocenters. The molecule has 0 aliphatic heterocycles. The van der Waals surface area contributed by atoms with Gasteiger partial charge in [-0.3, -0.25) is 9.05 Å². The Kier molecular flexibility index (Phi) is 12.1. The normalized spacial score (nSPS) is 15.5. The van der Waals surface area contributed by atoms with Gasteiger partial charge in [0.05, 0.1) is 13.2 Å². The standard InChI is InChI=1S/C16H27O8P/c1-5-9-13(23-15(17)7-3)11-21-25(19,20)22-12-14(10-6-2)24-16(18)8-4/h7-8,13-14H,3-6,9-12H2,1-2H3,(H,19,20). The molecule has 0 spiro atoms. The molecule has 1 N–H and O–H groups in total. The topological polar surface area (TPSA) is 108 Å². The average molecular weight is 378 g/mol. The summed E-state index contributed by atoms with van der Waals surface area (Å²) in [7, 11) is -4.39. The van der Waals surface area contributed by atoms with Gasteiger partial charge in [0.2, 0.25) is 0 Å². The zero-order chi connectivity index (χ0) is 19.3. The summed E-state index contributed by atoms with van der Waals surface area (Å²) in [5, 5.41) is 0. The first-order chi connectivity index (χ1) is 11.8. The first kappa shape index (κ1) is 23.5. The van der Waals surface area contributed by atoms with Crippen LogP contribution in [0.4, 0.5) is 0 Å². The van der Waals surface area contributed by atoms with Crippen LogP contribution < -0.4 is 0 Å². The Morgan fingerprint density at radius 1 is 0.960 bits per heavy atom. The summed E-state index contributed by atoms with van der Waals surface area (Å²) in [6.07, 6.45) is 2.90. The van der Waals surface area contributed by atoms with Crippen molar-refractivity contribution in [1.29, 1.82) is 0 Å². The predicted octanol–water partition coefficient (Wildman–Crippen LogP) is 2.92. The van der Waals surface area contributed by atoms with E-state index < -0.39 is 32.0 Å². The number of hydrogen-bond donors (Lipinski definition) is 1. The Hall–Kier alpha value is -1.47. The number of hydrogen-bond acceptors (Lipinski definition) is 7. The number of rotatable bonds is 14. The first-order valence-electron chi connectivity index (χ1n) is 8.05. The van der Waals surface area contributed by atoms with Crippen molar-refractivity contribution in [3.8, 4) is 0 Å². The molecule has 0 aromatic heterocycles. The summed E-state index contributed by atoms with van der Waals surface area (Å²) in [6.45, 7) is 9.71. The van der Waals surface area contributed by atoms with E-state index in [2.05, 4.69) is 13.2 Å². The van der Waals surface area contributed by atoms with Crippen LogP contribution in [-0.2, 0) is 32.7 Å². The smallest absolute Gasteiger partial charge is 0.457 e. The van der Waals surface area contributed by atoms with Crippen molar-refractivity contribution in [1.82, 2.24) is 0 Å². The third-order valence-corrected chi connectivity index (χ3v) is 3.92. The van der Waals surface area contributed by atoms with Gasteiger partial charge in [0.25, 0.3) is 0 Å². The van der Waals surface area contributed by atoms with E-state index in [1.54, 1.807) is 0 Å². The molecule has 0 radical (unpaired) electrons. The van der Waals surface area contributed by atoms with Crippen molar-refractivity contribution in [3.05, 3.63) is 25.3 Å². The monoisotopic (exact) mass is 378 g/mol. The van der Waals surface area contributed by atoms with Gasteiger partial charge in [0, 0.05) is 12.2 Å². The predicted molar refractivity (Wildman–Crippen MR) is 91.7 cm³/mol. The third-order valence-electron chi connectivity index (χ3n) is 2.97. The minimum Gasteiger partial charge on any atom is -0.457 e. The van der Waals surface area contributed by atoms with Gasteiger partial charge in [0.1, 0.15) is 12.2 Å². The van der Waals surface area contributed by atoms with E-state index in [0.717, 1.165) is 12.2 Å². The zero-order valence-electron chi connectivity index (χ0n) is 14.7. The van der Waals surface area contributed by atoms with E-state index in [0.29, 0.717) is 25.7 Å². The summed E-state index contributed by atoms with van der Waals surface area (Å²) < 4.78 is 31.7. The molecule has 9 heteroatoms. The summed E-state index contributed by atoms with van der Waals surface area (Å²) in [5.74, 6) is -1.29. The lowest BCUT2D eigenvalue weighted by Crippen LogP contribution is -2.24. The number of phosphoric acid groups is 1. The number of phosphoric ester groups is 1. The number of carbonyl (C=O) groups is 2. The molecular formula is C16H27O8P. The van der Waals surface area contributed by atoms with Crippen LogP contribution in [0.5, 0.6) is 0 Å². The number of esters is 2. The van der Waals surface area contributed by atoms with Crippen LogP contribution in [0.1, 0.15) is 39.5 Å². The van der Waals surface area contributed by atoms with Gasteiger partial charge in [-0.05, 0) is 12.8 Å². The Bertz CT molecular complexity index is 451. The Labute approximate surface area is 148 Å². The molecule has 25 heavy (non-hydrogen) atoms. The molecule has 0 aliphatic rings. The second-order valence-electron chi connectivity index (χ2n) is 5.16. The summed E-state index contributed by atoms with van der Waals surface area (Å²) in [4.78, 5) is 32.2. The zero-order valence-corrected chi connectivity index (χ0v) is 15.6. The molecule has 0 aliphatic carbocycles. The molecule has 0 bridgehead atoms.